The first-order valence-corrected chi connectivity index (χ1v) is 7.43. The zero-order chi connectivity index (χ0) is 13.6. The van der Waals surface area contributed by atoms with Crippen LogP contribution in [0.5, 0.6) is 0 Å². The van der Waals surface area contributed by atoms with Crippen molar-refractivity contribution in [1.82, 2.24) is 0 Å². The molecule has 3 saturated heterocycles. The van der Waals surface area contributed by atoms with Crippen LogP contribution in [0.25, 0.3) is 0 Å². The normalized spacial score (nSPS) is 62.8. The topological polar surface area (TPSA) is 55.8 Å². The Balaban J connectivity index is 1.80. The Bertz CT molecular complexity index is 449. The van der Waals surface area contributed by atoms with E-state index in [-0.39, 0.29) is 46.9 Å². The van der Waals surface area contributed by atoms with Gasteiger partial charge in [-0.3, -0.25) is 4.79 Å². The second-order valence-corrected chi connectivity index (χ2v) is 7.48. The smallest absolute Gasteiger partial charge is 0.309 e. The molecule has 4 fully saturated rings. The molecule has 0 radical (unpaired) electrons. The Morgan fingerprint density at radius 1 is 1.37 bits per heavy atom. The number of hydrogen-bond acceptors (Lipinski definition) is 4. The Morgan fingerprint density at radius 2 is 2.11 bits per heavy atom. The molecule has 106 valence electrons. The molecule has 0 spiro atoms. The van der Waals surface area contributed by atoms with E-state index in [9.17, 15) is 9.90 Å². The van der Waals surface area contributed by atoms with Gasteiger partial charge in [-0.25, -0.2) is 0 Å². The molecule has 3 heterocycles. The number of ether oxygens (including phenoxy) is 2. The highest BCUT2D eigenvalue weighted by atomic mass is 16.6. The van der Waals surface area contributed by atoms with Gasteiger partial charge in [0, 0.05) is 17.3 Å². The molecule has 3 aliphatic heterocycles. The average Bonchev–Trinajstić information content (AvgIpc) is 2.88. The number of aliphatic hydroxyl groups excluding tert-OH is 1. The van der Waals surface area contributed by atoms with Gasteiger partial charge in [-0.1, -0.05) is 13.8 Å². The van der Waals surface area contributed by atoms with Crippen LogP contribution in [0.1, 0.15) is 40.0 Å². The maximum atomic E-state index is 11.9. The largest absolute Gasteiger partial charge is 0.461 e. The molecule has 2 bridgehead atoms. The fourth-order valence-corrected chi connectivity index (χ4v) is 5.62. The minimum Gasteiger partial charge on any atom is -0.461 e. The molecular weight excluding hydrogens is 244 g/mol. The first-order chi connectivity index (χ1) is 8.87. The second-order valence-electron chi connectivity index (χ2n) is 7.48. The third kappa shape index (κ3) is 1.25. The predicted molar refractivity (Wildman–Crippen MR) is 67.3 cm³/mol. The summed E-state index contributed by atoms with van der Waals surface area (Å²) in [5.74, 6) is -0.150. The van der Waals surface area contributed by atoms with E-state index >= 15 is 0 Å². The van der Waals surface area contributed by atoms with Crippen molar-refractivity contribution in [3.05, 3.63) is 0 Å². The van der Waals surface area contributed by atoms with E-state index in [0.29, 0.717) is 0 Å². The number of carbonyl (C=O) groups is 1. The molecule has 1 saturated carbocycles. The van der Waals surface area contributed by atoms with Crippen molar-refractivity contribution in [3.63, 3.8) is 0 Å². The van der Waals surface area contributed by atoms with Gasteiger partial charge in [0.25, 0.3) is 0 Å². The van der Waals surface area contributed by atoms with Gasteiger partial charge in [-0.2, -0.15) is 0 Å². The Morgan fingerprint density at radius 3 is 2.84 bits per heavy atom. The highest BCUT2D eigenvalue weighted by Gasteiger charge is 2.71. The molecule has 0 aromatic rings. The maximum absolute atomic E-state index is 11.9. The molecule has 19 heavy (non-hydrogen) atoms. The van der Waals surface area contributed by atoms with Crippen molar-refractivity contribution in [2.75, 3.05) is 0 Å². The Hall–Kier alpha value is -0.610. The number of rotatable bonds is 0. The number of fused-ring (bicyclic) bond motifs is 7. The molecule has 4 heteroatoms. The summed E-state index contributed by atoms with van der Waals surface area (Å²) in [6.45, 7) is 6.26. The van der Waals surface area contributed by atoms with E-state index in [2.05, 4.69) is 13.8 Å². The number of esters is 1. The minimum atomic E-state index is -0.445. The number of carbonyl (C=O) groups excluding carboxylic acids is 1. The van der Waals surface area contributed by atoms with Crippen molar-refractivity contribution >= 4 is 5.97 Å². The quantitative estimate of drug-likeness (QED) is 0.675. The van der Waals surface area contributed by atoms with Gasteiger partial charge in [-0.15, -0.1) is 0 Å². The summed E-state index contributed by atoms with van der Waals surface area (Å²) in [5.41, 5.74) is -0.218. The Labute approximate surface area is 113 Å². The molecule has 0 aromatic heterocycles. The molecule has 4 aliphatic rings. The van der Waals surface area contributed by atoms with E-state index in [0.717, 1.165) is 19.3 Å². The molecular formula is C15H22O4. The molecule has 8 atom stereocenters. The van der Waals surface area contributed by atoms with Crippen LogP contribution < -0.4 is 0 Å². The molecule has 0 aromatic carbocycles. The fourth-order valence-electron chi connectivity index (χ4n) is 5.62. The van der Waals surface area contributed by atoms with E-state index in [4.69, 9.17) is 9.47 Å². The fraction of sp³-hybridized carbons (Fsp3) is 0.933. The minimum absolute atomic E-state index is 0.0437. The van der Waals surface area contributed by atoms with E-state index in [1.54, 1.807) is 0 Å². The molecule has 1 aliphatic carbocycles. The monoisotopic (exact) mass is 266 g/mol. The van der Waals surface area contributed by atoms with Crippen LogP contribution in [0.15, 0.2) is 0 Å². The van der Waals surface area contributed by atoms with Crippen molar-refractivity contribution in [1.29, 1.82) is 0 Å². The van der Waals surface area contributed by atoms with Crippen LogP contribution in [0, 0.1) is 23.2 Å². The molecule has 1 N–H and O–H groups in total. The van der Waals surface area contributed by atoms with Crippen molar-refractivity contribution in [2.24, 2.45) is 23.2 Å². The van der Waals surface area contributed by atoms with E-state index < -0.39 is 6.10 Å². The first-order valence-electron chi connectivity index (χ1n) is 7.43. The van der Waals surface area contributed by atoms with Gasteiger partial charge < -0.3 is 14.6 Å². The third-order valence-electron chi connectivity index (χ3n) is 6.42. The summed E-state index contributed by atoms with van der Waals surface area (Å²) in [4.78, 5) is 11.9. The van der Waals surface area contributed by atoms with Crippen LogP contribution in [0.4, 0.5) is 0 Å². The highest BCUT2D eigenvalue weighted by Crippen LogP contribution is 2.66. The zero-order valence-corrected chi connectivity index (χ0v) is 11.8. The summed E-state index contributed by atoms with van der Waals surface area (Å²) in [7, 11) is 0. The van der Waals surface area contributed by atoms with Gasteiger partial charge in [-0.05, 0) is 26.2 Å². The highest BCUT2D eigenvalue weighted by molar-refractivity contribution is 5.75. The van der Waals surface area contributed by atoms with Gasteiger partial charge >= 0.3 is 5.97 Å². The standard InChI is InChI=1S/C15H22O4/c1-7-10-8(16)6-14(2)9-4-5-15(3,19-9)12(14)11(10)18-13(7)17/h7-12,16H,4-6H2,1-3H3. The maximum Gasteiger partial charge on any atom is 0.309 e. The van der Waals surface area contributed by atoms with E-state index in [1.807, 2.05) is 6.92 Å². The van der Waals surface area contributed by atoms with Gasteiger partial charge in [0.2, 0.25) is 0 Å². The zero-order valence-electron chi connectivity index (χ0n) is 11.8. The lowest BCUT2D eigenvalue weighted by atomic mass is 9.52. The lowest BCUT2D eigenvalue weighted by molar-refractivity contribution is -0.155. The summed E-state index contributed by atoms with van der Waals surface area (Å²) in [5, 5.41) is 10.5. The predicted octanol–water partition coefficient (Wildman–Crippen LogP) is 1.50. The van der Waals surface area contributed by atoms with E-state index in [1.165, 1.54) is 0 Å². The average molecular weight is 266 g/mol. The summed E-state index contributed by atoms with van der Waals surface area (Å²) in [6, 6.07) is 0. The van der Waals surface area contributed by atoms with Gasteiger partial charge in [0.1, 0.15) is 6.10 Å². The summed E-state index contributed by atoms with van der Waals surface area (Å²) < 4.78 is 11.9. The second kappa shape index (κ2) is 3.34. The molecule has 4 nitrogen and oxygen atoms in total. The summed E-state index contributed by atoms with van der Waals surface area (Å²) in [6.07, 6.45) is 2.46. The van der Waals surface area contributed by atoms with Gasteiger partial charge in [0.05, 0.1) is 23.7 Å². The van der Waals surface area contributed by atoms with Crippen molar-refractivity contribution in [2.45, 2.75) is 63.9 Å². The molecule has 4 rings (SSSR count). The van der Waals surface area contributed by atoms with Crippen LogP contribution in [0.3, 0.4) is 0 Å². The first kappa shape index (κ1) is 12.2. The SMILES string of the molecule is CC1C(=O)OC2C1C(O)CC1(C)C3CCC(C)(O3)C21. The summed E-state index contributed by atoms with van der Waals surface area (Å²) >= 11 is 0. The number of aliphatic hydroxyl groups is 1. The van der Waals surface area contributed by atoms with Crippen LogP contribution in [-0.2, 0) is 14.3 Å². The van der Waals surface area contributed by atoms with Crippen LogP contribution >= 0.6 is 0 Å². The Kier molecular flexibility index (Phi) is 2.14. The van der Waals surface area contributed by atoms with Crippen LogP contribution in [-0.4, -0.2) is 35.0 Å². The molecule has 8 unspecified atom stereocenters. The molecule has 0 amide bonds. The third-order valence-corrected chi connectivity index (χ3v) is 6.42. The van der Waals surface area contributed by atoms with Crippen LogP contribution in [0.2, 0.25) is 0 Å². The lowest BCUT2D eigenvalue weighted by Gasteiger charge is -2.51. The lowest BCUT2D eigenvalue weighted by Crippen LogP contribution is -2.58. The number of hydrogen-bond donors (Lipinski definition) is 1. The van der Waals surface area contributed by atoms with Crippen molar-refractivity contribution < 1.29 is 19.4 Å². The van der Waals surface area contributed by atoms with Gasteiger partial charge in [0.15, 0.2) is 0 Å². The van der Waals surface area contributed by atoms with Crippen molar-refractivity contribution in [3.8, 4) is 0 Å².